The van der Waals surface area contributed by atoms with Gasteiger partial charge in [-0.3, -0.25) is 4.79 Å². The fourth-order valence-electron chi connectivity index (χ4n) is 1.94. The van der Waals surface area contributed by atoms with Crippen LogP contribution in [0.1, 0.15) is 24.8 Å². The van der Waals surface area contributed by atoms with E-state index in [2.05, 4.69) is 5.32 Å². The summed E-state index contributed by atoms with van der Waals surface area (Å²) < 4.78 is 0. The predicted molar refractivity (Wildman–Crippen MR) is 70.5 cm³/mol. The van der Waals surface area contributed by atoms with Crippen LogP contribution in [0.15, 0.2) is 30.3 Å². The molecule has 1 aliphatic carbocycles. The average Bonchev–Trinajstić information content (AvgIpc) is 3.18. The van der Waals surface area contributed by atoms with Crippen molar-refractivity contribution in [3.8, 4) is 0 Å². The van der Waals surface area contributed by atoms with Gasteiger partial charge in [0, 0.05) is 0 Å². The predicted octanol–water partition coefficient (Wildman–Crippen LogP) is 0.680. The normalized spacial score (nSPS) is 17.5. The minimum absolute atomic E-state index is 0.379. The van der Waals surface area contributed by atoms with Gasteiger partial charge in [-0.15, -0.1) is 0 Å². The monoisotopic (exact) mass is 262 g/mol. The van der Waals surface area contributed by atoms with Crippen molar-refractivity contribution in [1.82, 2.24) is 5.32 Å². The Hall–Kier alpha value is -1.88. The molecule has 0 unspecified atom stereocenters. The number of aryl methyl sites for hydroxylation is 1. The molecule has 0 spiro atoms. The zero-order valence-electron chi connectivity index (χ0n) is 10.6. The van der Waals surface area contributed by atoms with E-state index in [1.54, 1.807) is 0 Å². The number of carboxylic acid groups (broad SMARTS) is 1. The molecule has 1 aromatic rings. The van der Waals surface area contributed by atoms with E-state index in [9.17, 15) is 9.59 Å². The van der Waals surface area contributed by atoms with Crippen LogP contribution < -0.4 is 11.1 Å². The van der Waals surface area contributed by atoms with Gasteiger partial charge < -0.3 is 16.2 Å². The highest BCUT2D eigenvalue weighted by molar-refractivity contribution is 5.91. The minimum atomic E-state index is -1.05. The first-order chi connectivity index (χ1) is 9.03. The SMILES string of the molecule is N[C@@H](CCc1ccccc1)C(=O)NC1(C(=O)O)CC1. The van der Waals surface area contributed by atoms with E-state index in [0.29, 0.717) is 25.7 Å². The summed E-state index contributed by atoms with van der Waals surface area (Å²) in [4.78, 5) is 22.8. The molecule has 1 aliphatic rings. The van der Waals surface area contributed by atoms with Crippen molar-refractivity contribution in [2.24, 2.45) is 5.73 Å². The van der Waals surface area contributed by atoms with Gasteiger partial charge in [-0.1, -0.05) is 30.3 Å². The summed E-state index contributed by atoms with van der Waals surface area (Å²) in [5.41, 5.74) is 5.86. The molecule has 0 aromatic heterocycles. The lowest BCUT2D eigenvalue weighted by molar-refractivity contribution is -0.143. The van der Waals surface area contributed by atoms with Gasteiger partial charge in [0.15, 0.2) is 0 Å². The summed E-state index contributed by atoms with van der Waals surface area (Å²) in [5.74, 6) is -1.35. The molecule has 2 rings (SSSR count). The maximum Gasteiger partial charge on any atom is 0.329 e. The number of carbonyl (C=O) groups is 2. The molecule has 5 heteroatoms. The van der Waals surface area contributed by atoms with E-state index in [4.69, 9.17) is 10.8 Å². The first-order valence-corrected chi connectivity index (χ1v) is 6.38. The van der Waals surface area contributed by atoms with E-state index < -0.39 is 17.6 Å². The molecule has 0 aliphatic heterocycles. The van der Waals surface area contributed by atoms with Crippen LogP contribution in [-0.4, -0.2) is 28.6 Å². The molecule has 0 saturated heterocycles. The van der Waals surface area contributed by atoms with Gasteiger partial charge in [-0.05, 0) is 31.2 Å². The molecule has 0 heterocycles. The third kappa shape index (κ3) is 3.32. The number of amides is 1. The summed E-state index contributed by atoms with van der Waals surface area (Å²) in [6, 6.07) is 9.08. The minimum Gasteiger partial charge on any atom is -0.480 e. The van der Waals surface area contributed by atoms with Gasteiger partial charge in [-0.25, -0.2) is 4.79 Å². The van der Waals surface area contributed by atoms with Crippen molar-refractivity contribution < 1.29 is 14.7 Å². The molecule has 1 saturated carbocycles. The first kappa shape index (κ1) is 13.5. The standard InChI is InChI=1S/C14H18N2O3/c15-11(7-6-10-4-2-1-3-5-10)12(17)16-14(8-9-14)13(18)19/h1-5,11H,6-9,15H2,(H,16,17)(H,18,19)/t11-/m0/s1. The number of carboxylic acids is 1. The number of nitrogens with one attached hydrogen (secondary N) is 1. The highest BCUT2D eigenvalue weighted by atomic mass is 16.4. The number of carbonyl (C=O) groups excluding carboxylic acids is 1. The van der Waals surface area contributed by atoms with Gasteiger partial charge in [0.2, 0.25) is 5.91 Å². The lowest BCUT2D eigenvalue weighted by atomic mass is 10.0. The van der Waals surface area contributed by atoms with Crippen molar-refractivity contribution in [2.75, 3.05) is 0 Å². The van der Waals surface area contributed by atoms with E-state index in [0.717, 1.165) is 5.56 Å². The summed E-state index contributed by atoms with van der Waals surface area (Å²) >= 11 is 0. The van der Waals surface area contributed by atoms with E-state index in [1.807, 2.05) is 30.3 Å². The van der Waals surface area contributed by atoms with Crippen LogP contribution in [0, 0.1) is 0 Å². The summed E-state index contributed by atoms with van der Waals surface area (Å²) in [6.07, 6.45) is 2.18. The third-order valence-corrected chi connectivity index (χ3v) is 3.45. The first-order valence-electron chi connectivity index (χ1n) is 6.38. The van der Waals surface area contributed by atoms with E-state index in [-0.39, 0.29) is 5.91 Å². The Bertz CT molecular complexity index is 469. The largest absolute Gasteiger partial charge is 0.480 e. The van der Waals surface area contributed by atoms with Gasteiger partial charge >= 0.3 is 5.97 Å². The van der Waals surface area contributed by atoms with Crippen LogP contribution >= 0.6 is 0 Å². The van der Waals surface area contributed by atoms with Gasteiger partial charge in [-0.2, -0.15) is 0 Å². The van der Waals surface area contributed by atoms with Crippen LogP contribution in [0.2, 0.25) is 0 Å². The Morgan fingerprint density at radius 2 is 1.95 bits per heavy atom. The highest BCUT2D eigenvalue weighted by Gasteiger charge is 2.51. The van der Waals surface area contributed by atoms with Gasteiger partial charge in [0.1, 0.15) is 5.54 Å². The van der Waals surface area contributed by atoms with Crippen molar-refractivity contribution in [1.29, 1.82) is 0 Å². The molecule has 4 N–H and O–H groups in total. The smallest absolute Gasteiger partial charge is 0.329 e. The maximum atomic E-state index is 11.8. The van der Waals surface area contributed by atoms with Crippen LogP contribution in [0.4, 0.5) is 0 Å². The molecular weight excluding hydrogens is 244 g/mol. The Morgan fingerprint density at radius 3 is 2.47 bits per heavy atom. The number of hydrogen-bond donors (Lipinski definition) is 3. The molecular formula is C14H18N2O3. The van der Waals surface area contributed by atoms with Crippen molar-refractivity contribution in [3.63, 3.8) is 0 Å². The number of benzene rings is 1. The van der Waals surface area contributed by atoms with Crippen LogP contribution in [0.25, 0.3) is 0 Å². The molecule has 0 bridgehead atoms. The van der Waals surface area contributed by atoms with Crippen LogP contribution in [0.3, 0.4) is 0 Å². The number of nitrogens with two attached hydrogens (primary N) is 1. The second-order valence-corrected chi connectivity index (χ2v) is 5.01. The van der Waals surface area contributed by atoms with Gasteiger partial charge in [0.05, 0.1) is 6.04 Å². The van der Waals surface area contributed by atoms with Crippen molar-refractivity contribution in [3.05, 3.63) is 35.9 Å². The molecule has 1 amide bonds. The van der Waals surface area contributed by atoms with Crippen molar-refractivity contribution in [2.45, 2.75) is 37.3 Å². The third-order valence-electron chi connectivity index (χ3n) is 3.45. The van der Waals surface area contributed by atoms with Crippen molar-refractivity contribution >= 4 is 11.9 Å². The zero-order chi connectivity index (χ0) is 13.9. The number of rotatable bonds is 6. The molecule has 0 radical (unpaired) electrons. The summed E-state index contributed by atoms with van der Waals surface area (Å²) in [6.45, 7) is 0. The quantitative estimate of drug-likeness (QED) is 0.703. The Kier molecular flexibility index (Phi) is 3.85. The van der Waals surface area contributed by atoms with E-state index in [1.165, 1.54) is 0 Å². The molecule has 19 heavy (non-hydrogen) atoms. The number of aliphatic carboxylic acids is 1. The lowest BCUT2D eigenvalue weighted by Gasteiger charge is -2.16. The van der Waals surface area contributed by atoms with E-state index >= 15 is 0 Å². The Labute approximate surface area is 111 Å². The molecule has 1 aromatic carbocycles. The fourth-order valence-corrected chi connectivity index (χ4v) is 1.94. The summed E-state index contributed by atoms with van der Waals surface area (Å²) in [7, 11) is 0. The van der Waals surface area contributed by atoms with Gasteiger partial charge in [0.25, 0.3) is 0 Å². The topological polar surface area (TPSA) is 92.4 Å². The maximum absolute atomic E-state index is 11.8. The molecule has 102 valence electrons. The Balaban J connectivity index is 1.82. The second kappa shape index (κ2) is 5.40. The zero-order valence-corrected chi connectivity index (χ0v) is 10.6. The summed E-state index contributed by atoms with van der Waals surface area (Å²) in [5, 5.41) is 11.5. The Morgan fingerprint density at radius 1 is 1.32 bits per heavy atom. The fraction of sp³-hybridized carbons (Fsp3) is 0.429. The second-order valence-electron chi connectivity index (χ2n) is 5.01. The molecule has 5 nitrogen and oxygen atoms in total. The number of hydrogen-bond acceptors (Lipinski definition) is 3. The van der Waals surface area contributed by atoms with Crippen LogP contribution in [0.5, 0.6) is 0 Å². The average molecular weight is 262 g/mol. The highest BCUT2D eigenvalue weighted by Crippen LogP contribution is 2.35. The molecule has 1 fully saturated rings. The lowest BCUT2D eigenvalue weighted by Crippen LogP contribution is -2.50. The molecule has 1 atom stereocenters. The van der Waals surface area contributed by atoms with Crippen LogP contribution in [-0.2, 0) is 16.0 Å².